The summed E-state index contributed by atoms with van der Waals surface area (Å²) in [5, 5.41) is 4.31. The van der Waals surface area contributed by atoms with E-state index in [1.165, 1.54) is 25.9 Å². The molecule has 1 heterocycles. The molecule has 88 valence electrons. The molecular formula is C12H16BrClN2. The maximum absolute atomic E-state index is 5.96. The van der Waals surface area contributed by atoms with Crippen LogP contribution in [0.3, 0.4) is 0 Å². The second kappa shape index (κ2) is 5.39. The lowest BCUT2D eigenvalue weighted by molar-refractivity contribution is 0.264. The van der Waals surface area contributed by atoms with Crippen LogP contribution in [-0.4, -0.2) is 31.1 Å². The lowest BCUT2D eigenvalue weighted by Crippen LogP contribution is -2.36. The van der Waals surface area contributed by atoms with Gasteiger partial charge >= 0.3 is 0 Å². The van der Waals surface area contributed by atoms with Crippen molar-refractivity contribution in [2.45, 2.75) is 18.9 Å². The van der Waals surface area contributed by atoms with Crippen LogP contribution in [0.1, 0.15) is 12.8 Å². The minimum absolute atomic E-state index is 0.587. The highest BCUT2D eigenvalue weighted by Crippen LogP contribution is 2.26. The second-order valence-corrected chi connectivity index (χ2v) is 5.61. The van der Waals surface area contributed by atoms with Gasteiger partial charge < -0.3 is 10.2 Å². The normalized spacial score (nSPS) is 18.7. The summed E-state index contributed by atoms with van der Waals surface area (Å²) in [5.74, 6) is 0. The Labute approximate surface area is 110 Å². The molecule has 0 amide bonds. The van der Waals surface area contributed by atoms with Gasteiger partial charge in [-0.1, -0.05) is 11.6 Å². The maximum atomic E-state index is 5.96. The van der Waals surface area contributed by atoms with Crippen molar-refractivity contribution in [2.24, 2.45) is 0 Å². The first kappa shape index (κ1) is 12.2. The van der Waals surface area contributed by atoms with E-state index >= 15 is 0 Å². The number of likely N-dealkylation sites (tertiary alicyclic amines) is 1. The fourth-order valence-corrected chi connectivity index (χ4v) is 2.47. The summed E-state index contributed by atoms with van der Waals surface area (Å²) < 4.78 is 0.951. The summed E-state index contributed by atoms with van der Waals surface area (Å²) in [4.78, 5) is 2.37. The molecule has 0 spiro atoms. The van der Waals surface area contributed by atoms with Gasteiger partial charge in [0.2, 0.25) is 0 Å². The van der Waals surface area contributed by atoms with Crippen LogP contribution in [0, 0.1) is 0 Å². The zero-order valence-electron chi connectivity index (χ0n) is 9.34. The molecule has 0 saturated carbocycles. The Morgan fingerprint density at radius 2 is 2.06 bits per heavy atom. The molecule has 1 N–H and O–H groups in total. The van der Waals surface area contributed by atoms with E-state index in [2.05, 4.69) is 33.2 Å². The highest BCUT2D eigenvalue weighted by molar-refractivity contribution is 9.10. The van der Waals surface area contributed by atoms with Crippen LogP contribution in [-0.2, 0) is 0 Å². The van der Waals surface area contributed by atoms with Gasteiger partial charge in [0.25, 0.3) is 0 Å². The van der Waals surface area contributed by atoms with Crippen molar-refractivity contribution in [3.05, 3.63) is 27.7 Å². The van der Waals surface area contributed by atoms with Gasteiger partial charge in [0.15, 0.2) is 0 Å². The highest BCUT2D eigenvalue weighted by atomic mass is 79.9. The lowest BCUT2D eigenvalue weighted by Gasteiger charge is -2.30. The number of piperidine rings is 1. The predicted molar refractivity (Wildman–Crippen MR) is 73.3 cm³/mol. The van der Waals surface area contributed by atoms with Gasteiger partial charge in [-0.15, -0.1) is 0 Å². The third-order valence-corrected chi connectivity index (χ3v) is 4.22. The van der Waals surface area contributed by atoms with Crippen LogP contribution in [0.5, 0.6) is 0 Å². The summed E-state index contributed by atoms with van der Waals surface area (Å²) in [7, 11) is 2.18. The third kappa shape index (κ3) is 3.12. The topological polar surface area (TPSA) is 15.3 Å². The average Bonchev–Trinajstić information content (AvgIpc) is 2.27. The van der Waals surface area contributed by atoms with E-state index in [0.29, 0.717) is 6.04 Å². The quantitative estimate of drug-likeness (QED) is 0.898. The predicted octanol–water partition coefficient (Wildman–Crippen LogP) is 3.61. The molecule has 4 heteroatoms. The summed E-state index contributed by atoms with van der Waals surface area (Å²) in [6, 6.07) is 6.58. The van der Waals surface area contributed by atoms with E-state index in [0.717, 1.165) is 15.2 Å². The van der Waals surface area contributed by atoms with Crippen molar-refractivity contribution in [3.63, 3.8) is 0 Å². The van der Waals surface area contributed by atoms with E-state index in [4.69, 9.17) is 11.6 Å². The Bertz CT molecular complexity index is 362. The van der Waals surface area contributed by atoms with Crippen LogP contribution >= 0.6 is 27.5 Å². The van der Waals surface area contributed by atoms with Gasteiger partial charge in [0.1, 0.15) is 0 Å². The lowest BCUT2D eigenvalue weighted by atomic mass is 10.1. The zero-order valence-corrected chi connectivity index (χ0v) is 11.7. The molecule has 2 rings (SSSR count). The van der Waals surface area contributed by atoms with E-state index in [9.17, 15) is 0 Å². The highest BCUT2D eigenvalue weighted by Gasteiger charge is 2.16. The van der Waals surface area contributed by atoms with Gasteiger partial charge in [0.05, 0.1) is 5.02 Å². The Balaban J connectivity index is 1.96. The van der Waals surface area contributed by atoms with E-state index in [-0.39, 0.29) is 0 Å². The van der Waals surface area contributed by atoms with E-state index in [1.54, 1.807) is 0 Å². The number of halogens is 2. The average molecular weight is 304 g/mol. The molecule has 1 aliphatic heterocycles. The van der Waals surface area contributed by atoms with Crippen molar-refractivity contribution in [3.8, 4) is 0 Å². The Kier molecular flexibility index (Phi) is 4.11. The monoisotopic (exact) mass is 302 g/mol. The molecule has 16 heavy (non-hydrogen) atoms. The van der Waals surface area contributed by atoms with Gasteiger partial charge in [-0.25, -0.2) is 0 Å². The summed E-state index contributed by atoms with van der Waals surface area (Å²) in [6.07, 6.45) is 2.41. The maximum Gasteiger partial charge on any atom is 0.0549 e. The van der Waals surface area contributed by atoms with Crippen molar-refractivity contribution < 1.29 is 0 Å². The molecule has 1 saturated heterocycles. The summed E-state index contributed by atoms with van der Waals surface area (Å²) >= 11 is 9.40. The van der Waals surface area contributed by atoms with Crippen molar-refractivity contribution in [1.29, 1.82) is 0 Å². The molecule has 0 aliphatic carbocycles. The minimum atomic E-state index is 0.587. The number of nitrogens with one attached hydrogen (secondary N) is 1. The Morgan fingerprint density at radius 1 is 1.38 bits per heavy atom. The van der Waals surface area contributed by atoms with Crippen LogP contribution < -0.4 is 5.32 Å². The summed E-state index contributed by atoms with van der Waals surface area (Å²) in [6.45, 7) is 2.35. The first-order valence-corrected chi connectivity index (χ1v) is 6.72. The van der Waals surface area contributed by atoms with E-state index in [1.807, 2.05) is 18.2 Å². The zero-order chi connectivity index (χ0) is 11.5. The van der Waals surface area contributed by atoms with Crippen LogP contribution in [0.4, 0.5) is 5.69 Å². The number of rotatable bonds is 2. The molecule has 1 aromatic carbocycles. The molecular weight excluding hydrogens is 288 g/mol. The number of nitrogens with zero attached hydrogens (tertiary/aromatic N) is 1. The van der Waals surface area contributed by atoms with Gasteiger partial charge in [-0.05, 0) is 67.1 Å². The molecule has 0 radical (unpaired) electrons. The van der Waals surface area contributed by atoms with Crippen LogP contribution in [0.25, 0.3) is 0 Å². The number of benzene rings is 1. The Morgan fingerprint density at radius 3 is 2.69 bits per heavy atom. The largest absolute Gasteiger partial charge is 0.382 e. The molecule has 1 fully saturated rings. The van der Waals surface area contributed by atoms with Gasteiger partial charge in [-0.3, -0.25) is 0 Å². The molecule has 0 atom stereocenters. The molecule has 1 aliphatic rings. The fraction of sp³-hybridized carbons (Fsp3) is 0.500. The van der Waals surface area contributed by atoms with Crippen molar-refractivity contribution in [2.75, 3.05) is 25.5 Å². The van der Waals surface area contributed by atoms with E-state index < -0.39 is 0 Å². The number of hydrogen-bond donors (Lipinski definition) is 1. The third-order valence-electron chi connectivity index (χ3n) is 3.01. The van der Waals surface area contributed by atoms with Crippen molar-refractivity contribution >= 4 is 33.2 Å². The summed E-state index contributed by atoms with van der Waals surface area (Å²) in [5.41, 5.74) is 1.14. The molecule has 1 aromatic rings. The first-order valence-electron chi connectivity index (χ1n) is 5.55. The Hall–Kier alpha value is -0.250. The fourth-order valence-electron chi connectivity index (χ4n) is 1.97. The SMILES string of the molecule is CN1CCC(Nc2ccc(Cl)c(Br)c2)CC1. The first-order chi connectivity index (χ1) is 7.65. The number of anilines is 1. The van der Waals surface area contributed by atoms with Crippen molar-refractivity contribution in [1.82, 2.24) is 4.90 Å². The minimum Gasteiger partial charge on any atom is -0.382 e. The van der Waals surface area contributed by atoms with Gasteiger partial charge in [-0.2, -0.15) is 0 Å². The van der Waals surface area contributed by atoms with Crippen LogP contribution in [0.15, 0.2) is 22.7 Å². The van der Waals surface area contributed by atoms with Crippen LogP contribution in [0.2, 0.25) is 5.02 Å². The second-order valence-electron chi connectivity index (χ2n) is 4.35. The molecule has 0 aromatic heterocycles. The molecule has 2 nitrogen and oxygen atoms in total. The standard InChI is InChI=1S/C12H16BrClN2/c1-16-6-4-9(5-7-16)15-10-2-3-12(14)11(13)8-10/h2-3,8-9,15H,4-7H2,1H3. The van der Waals surface area contributed by atoms with Gasteiger partial charge in [0, 0.05) is 16.2 Å². The smallest absolute Gasteiger partial charge is 0.0549 e. The number of hydrogen-bond acceptors (Lipinski definition) is 2. The molecule has 0 bridgehead atoms. The molecule has 0 unspecified atom stereocenters.